The van der Waals surface area contributed by atoms with Crippen LogP contribution in [0.25, 0.3) is 0 Å². The van der Waals surface area contributed by atoms with Crippen molar-refractivity contribution in [3.63, 3.8) is 0 Å². The van der Waals surface area contributed by atoms with Crippen LogP contribution in [0.2, 0.25) is 5.02 Å². The van der Waals surface area contributed by atoms with Gasteiger partial charge >= 0.3 is 5.97 Å². The first-order chi connectivity index (χ1) is 15.0. The molecule has 0 aliphatic carbocycles. The Kier molecular flexibility index (Phi) is 7.75. The molecule has 3 rings (SSSR count). The van der Waals surface area contributed by atoms with Crippen molar-refractivity contribution in [1.82, 2.24) is 4.98 Å². The smallest absolute Gasteiger partial charge is 0.341 e. The van der Waals surface area contributed by atoms with Crippen LogP contribution in [0.4, 0.5) is 5.69 Å². The number of halogens is 1. The standard InChI is InChI=1S/C22H19ClN2O5S/c1-28-18-12-19(29-2)17(11-16(18)23)25-20(26)13-30-22(27)15-9-6-10-24-21(15)31-14-7-4-3-5-8-14/h3-12H,13H2,1-2H3,(H,25,26). The monoisotopic (exact) mass is 458 g/mol. The van der Waals surface area contributed by atoms with Crippen LogP contribution in [-0.4, -0.2) is 37.7 Å². The predicted molar refractivity (Wildman–Crippen MR) is 118 cm³/mol. The van der Waals surface area contributed by atoms with Crippen LogP contribution in [0, 0.1) is 0 Å². The molecule has 0 atom stereocenters. The van der Waals surface area contributed by atoms with E-state index in [1.165, 1.54) is 32.0 Å². The van der Waals surface area contributed by atoms with Gasteiger partial charge in [0.1, 0.15) is 16.5 Å². The van der Waals surface area contributed by atoms with Crippen LogP contribution in [0.5, 0.6) is 11.5 Å². The van der Waals surface area contributed by atoms with E-state index in [9.17, 15) is 9.59 Å². The molecule has 0 spiro atoms. The summed E-state index contributed by atoms with van der Waals surface area (Å²) in [4.78, 5) is 30.1. The Morgan fingerprint density at radius 3 is 2.48 bits per heavy atom. The second-order valence-corrected chi connectivity index (χ2v) is 7.55. The molecule has 1 aromatic heterocycles. The van der Waals surface area contributed by atoms with E-state index in [0.717, 1.165) is 4.90 Å². The number of rotatable bonds is 8. The summed E-state index contributed by atoms with van der Waals surface area (Å²) in [6.45, 7) is -0.490. The van der Waals surface area contributed by atoms with Crippen LogP contribution in [0.15, 0.2) is 70.7 Å². The Bertz CT molecular complexity index is 1080. The van der Waals surface area contributed by atoms with Gasteiger partial charge in [-0.15, -0.1) is 0 Å². The minimum absolute atomic E-state index is 0.272. The van der Waals surface area contributed by atoms with Crippen molar-refractivity contribution < 1.29 is 23.8 Å². The maximum absolute atomic E-state index is 12.6. The number of hydrogen-bond acceptors (Lipinski definition) is 7. The van der Waals surface area contributed by atoms with E-state index in [2.05, 4.69) is 10.3 Å². The lowest BCUT2D eigenvalue weighted by atomic mass is 10.2. The second-order valence-electron chi connectivity index (χ2n) is 6.08. The van der Waals surface area contributed by atoms with Gasteiger partial charge < -0.3 is 19.5 Å². The topological polar surface area (TPSA) is 86.8 Å². The van der Waals surface area contributed by atoms with Gasteiger partial charge in [-0.05, 0) is 30.3 Å². The summed E-state index contributed by atoms with van der Waals surface area (Å²) >= 11 is 7.44. The molecular weight excluding hydrogens is 440 g/mol. The third-order valence-corrected chi connectivity index (χ3v) is 5.35. The number of aromatic nitrogens is 1. The van der Waals surface area contributed by atoms with Crippen LogP contribution < -0.4 is 14.8 Å². The molecule has 9 heteroatoms. The number of benzene rings is 2. The van der Waals surface area contributed by atoms with Crippen LogP contribution in [-0.2, 0) is 9.53 Å². The molecule has 160 valence electrons. The third-order valence-electron chi connectivity index (χ3n) is 4.03. The molecule has 1 N–H and O–H groups in total. The minimum atomic E-state index is -0.651. The van der Waals surface area contributed by atoms with Gasteiger partial charge in [0.15, 0.2) is 6.61 Å². The zero-order chi connectivity index (χ0) is 22.2. The highest BCUT2D eigenvalue weighted by molar-refractivity contribution is 7.99. The van der Waals surface area contributed by atoms with E-state index in [4.69, 9.17) is 25.8 Å². The molecule has 0 radical (unpaired) electrons. The molecule has 31 heavy (non-hydrogen) atoms. The van der Waals surface area contributed by atoms with E-state index < -0.39 is 18.5 Å². The number of esters is 1. The number of nitrogens with one attached hydrogen (secondary N) is 1. The number of hydrogen-bond donors (Lipinski definition) is 1. The highest BCUT2D eigenvalue weighted by Gasteiger charge is 2.18. The summed E-state index contributed by atoms with van der Waals surface area (Å²) in [6, 6.07) is 15.8. The fourth-order valence-corrected chi connectivity index (χ4v) is 3.71. The van der Waals surface area contributed by atoms with Gasteiger partial charge in [-0.3, -0.25) is 4.79 Å². The van der Waals surface area contributed by atoms with Crippen molar-refractivity contribution in [3.05, 3.63) is 71.4 Å². The summed E-state index contributed by atoms with van der Waals surface area (Å²) in [5.74, 6) is -0.437. The fraction of sp³-hybridized carbons (Fsp3) is 0.136. The van der Waals surface area contributed by atoms with Gasteiger partial charge in [0, 0.05) is 17.2 Å². The van der Waals surface area contributed by atoms with Crippen molar-refractivity contribution in [2.24, 2.45) is 0 Å². The van der Waals surface area contributed by atoms with Crippen LogP contribution >= 0.6 is 23.4 Å². The van der Waals surface area contributed by atoms with Crippen LogP contribution in [0.1, 0.15) is 10.4 Å². The highest BCUT2D eigenvalue weighted by Crippen LogP contribution is 2.36. The average Bonchev–Trinajstić information content (AvgIpc) is 2.79. The Morgan fingerprint density at radius 2 is 1.77 bits per heavy atom. The summed E-state index contributed by atoms with van der Waals surface area (Å²) in [5.41, 5.74) is 0.602. The molecule has 0 saturated heterocycles. The van der Waals surface area contributed by atoms with Gasteiger partial charge in [0.25, 0.3) is 5.91 Å². The number of carbonyl (C=O) groups excluding carboxylic acids is 2. The molecule has 3 aromatic rings. The van der Waals surface area contributed by atoms with E-state index in [0.29, 0.717) is 27.2 Å². The van der Waals surface area contributed by atoms with Crippen molar-refractivity contribution in [1.29, 1.82) is 0 Å². The third kappa shape index (κ3) is 5.90. The van der Waals surface area contributed by atoms with Crippen molar-refractivity contribution in [2.45, 2.75) is 9.92 Å². The zero-order valence-electron chi connectivity index (χ0n) is 16.8. The van der Waals surface area contributed by atoms with Crippen molar-refractivity contribution in [3.8, 4) is 11.5 Å². The summed E-state index contributed by atoms with van der Waals surface area (Å²) in [6.07, 6.45) is 1.59. The molecule has 0 aliphatic rings. The number of nitrogens with zero attached hydrogens (tertiary/aromatic N) is 1. The molecule has 0 aliphatic heterocycles. The van der Waals surface area contributed by atoms with Crippen molar-refractivity contribution in [2.75, 3.05) is 26.1 Å². The number of anilines is 1. The molecule has 1 amide bonds. The molecule has 2 aromatic carbocycles. The lowest BCUT2D eigenvalue weighted by Gasteiger charge is -2.13. The summed E-state index contributed by atoms with van der Waals surface area (Å²) in [5, 5.41) is 3.40. The first-order valence-electron chi connectivity index (χ1n) is 9.08. The lowest BCUT2D eigenvalue weighted by molar-refractivity contribution is -0.119. The molecule has 0 saturated carbocycles. The van der Waals surface area contributed by atoms with E-state index in [1.807, 2.05) is 30.3 Å². The predicted octanol–water partition coefficient (Wildman–Crippen LogP) is 4.70. The Hall–Kier alpha value is -3.23. The first-order valence-corrected chi connectivity index (χ1v) is 10.3. The van der Waals surface area contributed by atoms with E-state index >= 15 is 0 Å². The molecule has 1 heterocycles. The molecular formula is C22H19ClN2O5S. The highest BCUT2D eigenvalue weighted by atomic mass is 35.5. The van der Waals surface area contributed by atoms with Crippen molar-refractivity contribution >= 4 is 40.9 Å². The van der Waals surface area contributed by atoms with Gasteiger partial charge in [-0.1, -0.05) is 41.6 Å². The normalized spacial score (nSPS) is 10.3. The zero-order valence-corrected chi connectivity index (χ0v) is 18.3. The first kappa shape index (κ1) is 22.5. The Morgan fingerprint density at radius 1 is 1.03 bits per heavy atom. The second kappa shape index (κ2) is 10.7. The number of pyridine rings is 1. The molecule has 7 nitrogen and oxygen atoms in total. The summed E-state index contributed by atoms with van der Waals surface area (Å²) < 4.78 is 15.6. The number of amides is 1. The molecule has 0 fully saturated rings. The van der Waals surface area contributed by atoms with Gasteiger partial charge in [0.05, 0.1) is 30.5 Å². The lowest BCUT2D eigenvalue weighted by Crippen LogP contribution is -2.21. The average molecular weight is 459 g/mol. The van der Waals surface area contributed by atoms with Gasteiger partial charge in [-0.2, -0.15) is 0 Å². The number of carbonyl (C=O) groups is 2. The Labute approximate surface area is 188 Å². The summed E-state index contributed by atoms with van der Waals surface area (Å²) in [7, 11) is 2.92. The maximum atomic E-state index is 12.6. The van der Waals surface area contributed by atoms with Crippen LogP contribution in [0.3, 0.4) is 0 Å². The SMILES string of the molecule is COc1cc(OC)c(NC(=O)COC(=O)c2cccnc2Sc2ccccc2)cc1Cl. The molecule has 0 bridgehead atoms. The largest absolute Gasteiger partial charge is 0.495 e. The maximum Gasteiger partial charge on any atom is 0.341 e. The molecule has 0 unspecified atom stereocenters. The minimum Gasteiger partial charge on any atom is -0.495 e. The van der Waals surface area contributed by atoms with Gasteiger partial charge in [-0.25, -0.2) is 9.78 Å². The number of ether oxygens (including phenoxy) is 3. The van der Waals surface area contributed by atoms with E-state index in [1.54, 1.807) is 24.4 Å². The quantitative estimate of drug-likeness (QED) is 0.489. The van der Waals surface area contributed by atoms with E-state index in [-0.39, 0.29) is 5.56 Å². The number of methoxy groups -OCH3 is 2. The van der Waals surface area contributed by atoms with Gasteiger partial charge in [0.2, 0.25) is 0 Å². The Balaban J connectivity index is 1.65. The fourth-order valence-electron chi connectivity index (χ4n) is 2.58.